The predicted molar refractivity (Wildman–Crippen MR) is 233 cm³/mol. The first kappa shape index (κ1) is 33.4. The summed E-state index contributed by atoms with van der Waals surface area (Å²) in [4.78, 5) is 6.99. The van der Waals surface area contributed by atoms with E-state index < -0.39 is 0 Å². The van der Waals surface area contributed by atoms with Crippen molar-refractivity contribution in [2.24, 2.45) is 0 Å². The van der Waals surface area contributed by atoms with Crippen LogP contribution >= 0.6 is 0 Å². The van der Waals surface area contributed by atoms with E-state index in [0.29, 0.717) is 6.42 Å². The second kappa shape index (κ2) is 13.9. The summed E-state index contributed by atoms with van der Waals surface area (Å²) >= 11 is 0. The molecule has 0 saturated carbocycles. The van der Waals surface area contributed by atoms with Gasteiger partial charge in [-0.3, -0.25) is 0 Å². The molecule has 2 aliphatic heterocycles. The van der Waals surface area contributed by atoms with Gasteiger partial charge in [-0.1, -0.05) is 128 Å². The summed E-state index contributed by atoms with van der Waals surface area (Å²) < 4.78 is 14.1. The van der Waals surface area contributed by atoms with Crippen molar-refractivity contribution in [3.05, 3.63) is 218 Å². The fourth-order valence-corrected chi connectivity index (χ4v) is 8.55. The fourth-order valence-electron chi connectivity index (χ4n) is 8.55. The molecule has 2 heterocycles. The molecule has 0 N–H and O–H groups in total. The molecule has 0 amide bonds. The molecule has 0 radical (unpaired) electrons. The first-order valence-electron chi connectivity index (χ1n) is 19.1. The molecule has 4 heteroatoms. The van der Waals surface area contributed by atoms with Gasteiger partial charge in [-0.05, 0) is 101 Å². The summed E-state index contributed by atoms with van der Waals surface area (Å²) in [6.07, 6.45) is 5.16. The molecule has 1 unspecified atom stereocenters. The maximum atomic E-state index is 14.1. The van der Waals surface area contributed by atoms with Crippen molar-refractivity contribution in [2.45, 2.75) is 12.5 Å². The Kier molecular flexibility index (Phi) is 8.30. The summed E-state index contributed by atoms with van der Waals surface area (Å²) in [6, 6.07) is 65.0. The number of nitrogens with zero attached hydrogens (tertiary/aromatic N) is 3. The van der Waals surface area contributed by atoms with Crippen LogP contribution in [-0.2, 0) is 0 Å². The molecule has 3 nitrogen and oxygen atoms in total. The molecule has 0 spiro atoms. The van der Waals surface area contributed by atoms with E-state index in [-0.39, 0.29) is 11.9 Å². The molecule has 8 aromatic rings. The highest BCUT2D eigenvalue weighted by Crippen LogP contribution is 2.53. The third-order valence-electron chi connectivity index (χ3n) is 11.1. The zero-order valence-electron chi connectivity index (χ0n) is 30.8. The summed E-state index contributed by atoms with van der Waals surface area (Å²) in [5, 5.41) is 2.38. The van der Waals surface area contributed by atoms with E-state index in [1.54, 1.807) is 0 Å². The van der Waals surface area contributed by atoms with E-state index in [1.165, 1.54) is 45.5 Å². The minimum Gasteiger partial charge on any atom is -0.333 e. The number of benzene rings is 8. The Balaban J connectivity index is 1.10. The van der Waals surface area contributed by atoms with Gasteiger partial charge in [0.05, 0.1) is 23.1 Å². The Morgan fingerprint density at radius 1 is 0.536 bits per heavy atom. The SMILES string of the molecule is C=C1c2ccccc2N(c2ccc(F)cc2)C1C/C=C/N(c1ccc(-c2ccccc2)cc1)c1ccc2c3c(cccc13)N(c1ccccc1)c1ccccc1-2. The van der Waals surface area contributed by atoms with Crippen molar-refractivity contribution in [2.75, 3.05) is 14.7 Å². The van der Waals surface area contributed by atoms with E-state index >= 15 is 0 Å². The second-order valence-electron chi connectivity index (χ2n) is 14.3. The van der Waals surface area contributed by atoms with Crippen molar-refractivity contribution in [3.8, 4) is 22.3 Å². The summed E-state index contributed by atoms with van der Waals surface area (Å²) in [7, 11) is 0. The summed E-state index contributed by atoms with van der Waals surface area (Å²) in [6.45, 7) is 4.58. The van der Waals surface area contributed by atoms with Crippen LogP contribution in [0.4, 0.5) is 44.2 Å². The van der Waals surface area contributed by atoms with Crippen LogP contribution in [0.5, 0.6) is 0 Å². The van der Waals surface area contributed by atoms with Crippen molar-refractivity contribution >= 4 is 56.2 Å². The number of hydrogen-bond donors (Lipinski definition) is 0. The molecule has 10 rings (SSSR count). The molecule has 268 valence electrons. The standard InChI is InChI=1S/C52H38FN3/c1-36-43-18-8-10-21-49(43)55(42-31-27-39(53)28-32-42)47(36)24-13-35-54(40-29-25-38(26-30-40)37-14-4-2-5-15-37)48-34-33-45-44-19-9-11-22-50(44)56(41-16-6-3-7-17-41)51-23-12-20-46(48)52(45)51/h2-23,25-35,47H,1,24H2/b35-13+. The van der Waals surface area contributed by atoms with Gasteiger partial charge in [0.15, 0.2) is 0 Å². The maximum absolute atomic E-state index is 14.1. The molecule has 1 atom stereocenters. The van der Waals surface area contributed by atoms with Crippen LogP contribution in [0, 0.1) is 5.82 Å². The molecular formula is C52H38FN3. The van der Waals surface area contributed by atoms with Gasteiger partial charge < -0.3 is 14.7 Å². The van der Waals surface area contributed by atoms with E-state index in [2.05, 4.69) is 191 Å². The fraction of sp³-hybridized carbons (Fsp3) is 0.0385. The average Bonchev–Trinajstić information content (AvgIpc) is 3.54. The molecule has 0 saturated heterocycles. The largest absolute Gasteiger partial charge is 0.333 e. The molecule has 0 fully saturated rings. The zero-order chi connectivity index (χ0) is 37.6. The van der Waals surface area contributed by atoms with Gasteiger partial charge in [-0.15, -0.1) is 0 Å². The Hall–Kier alpha value is -7.17. The van der Waals surface area contributed by atoms with Gasteiger partial charge in [0.2, 0.25) is 0 Å². The number of halogens is 1. The molecule has 0 aliphatic carbocycles. The summed E-state index contributed by atoms with van der Waals surface area (Å²) in [5.41, 5.74) is 14.6. The molecule has 0 bridgehead atoms. The lowest BCUT2D eigenvalue weighted by atomic mass is 9.90. The normalized spacial score (nSPS) is 14.3. The van der Waals surface area contributed by atoms with Gasteiger partial charge >= 0.3 is 0 Å². The molecule has 56 heavy (non-hydrogen) atoms. The Morgan fingerprint density at radius 3 is 1.95 bits per heavy atom. The predicted octanol–water partition coefficient (Wildman–Crippen LogP) is 14.4. The van der Waals surface area contributed by atoms with Crippen molar-refractivity contribution in [1.29, 1.82) is 0 Å². The Bertz CT molecular complexity index is 2760. The van der Waals surface area contributed by atoms with Gasteiger partial charge in [0, 0.05) is 50.8 Å². The lowest BCUT2D eigenvalue weighted by Crippen LogP contribution is -2.26. The average molecular weight is 724 g/mol. The lowest BCUT2D eigenvalue weighted by molar-refractivity contribution is 0.627. The van der Waals surface area contributed by atoms with E-state index in [9.17, 15) is 4.39 Å². The smallest absolute Gasteiger partial charge is 0.123 e. The quantitative estimate of drug-likeness (QED) is 0.155. The number of para-hydroxylation sites is 3. The first-order chi connectivity index (χ1) is 27.6. The number of fused-ring (bicyclic) bond motifs is 3. The molecule has 2 aliphatic rings. The molecular weight excluding hydrogens is 686 g/mol. The maximum Gasteiger partial charge on any atom is 0.123 e. The lowest BCUT2D eigenvalue weighted by Gasteiger charge is -2.34. The number of hydrogen-bond acceptors (Lipinski definition) is 3. The number of rotatable bonds is 8. The highest BCUT2D eigenvalue weighted by Gasteiger charge is 2.33. The number of anilines is 7. The third kappa shape index (κ3) is 5.66. The van der Waals surface area contributed by atoms with E-state index in [1.807, 2.05) is 18.2 Å². The first-order valence-corrected chi connectivity index (χ1v) is 19.1. The van der Waals surface area contributed by atoms with Crippen LogP contribution < -0.4 is 14.7 Å². The van der Waals surface area contributed by atoms with E-state index in [0.717, 1.165) is 50.6 Å². The van der Waals surface area contributed by atoms with Gasteiger partial charge in [0.1, 0.15) is 5.82 Å². The van der Waals surface area contributed by atoms with Gasteiger partial charge in [-0.2, -0.15) is 0 Å². The van der Waals surface area contributed by atoms with E-state index in [4.69, 9.17) is 0 Å². The molecule has 8 aromatic carbocycles. The highest BCUT2D eigenvalue weighted by molar-refractivity contribution is 6.17. The van der Waals surface area contributed by atoms with Crippen LogP contribution in [0.25, 0.3) is 38.6 Å². The van der Waals surface area contributed by atoms with Gasteiger partial charge in [0.25, 0.3) is 0 Å². The Morgan fingerprint density at radius 2 is 1.18 bits per heavy atom. The highest BCUT2D eigenvalue weighted by atomic mass is 19.1. The minimum atomic E-state index is -0.248. The third-order valence-corrected chi connectivity index (χ3v) is 11.1. The van der Waals surface area contributed by atoms with Gasteiger partial charge in [-0.25, -0.2) is 4.39 Å². The monoisotopic (exact) mass is 723 g/mol. The summed E-state index contributed by atoms with van der Waals surface area (Å²) in [5.74, 6) is -0.248. The molecule has 0 aromatic heterocycles. The van der Waals surface area contributed by atoms with Crippen molar-refractivity contribution in [1.82, 2.24) is 0 Å². The van der Waals surface area contributed by atoms with Crippen LogP contribution in [0.2, 0.25) is 0 Å². The van der Waals surface area contributed by atoms with Crippen molar-refractivity contribution < 1.29 is 4.39 Å². The van der Waals surface area contributed by atoms with Crippen LogP contribution in [0.3, 0.4) is 0 Å². The van der Waals surface area contributed by atoms with Crippen LogP contribution in [-0.4, -0.2) is 6.04 Å². The van der Waals surface area contributed by atoms with Crippen LogP contribution in [0.15, 0.2) is 207 Å². The van der Waals surface area contributed by atoms with Crippen molar-refractivity contribution in [3.63, 3.8) is 0 Å². The van der Waals surface area contributed by atoms with Crippen LogP contribution in [0.1, 0.15) is 12.0 Å². The second-order valence-corrected chi connectivity index (χ2v) is 14.3. The topological polar surface area (TPSA) is 9.72 Å². The zero-order valence-corrected chi connectivity index (χ0v) is 30.8. The Labute approximate surface area is 327 Å². The minimum absolute atomic E-state index is 0.0383.